The van der Waals surface area contributed by atoms with Crippen LogP contribution in [0.15, 0.2) is 24.3 Å². The van der Waals surface area contributed by atoms with E-state index < -0.39 is 17.9 Å². The van der Waals surface area contributed by atoms with Crippen LogP contribution >= 0.6 is 0 Å². The first-order chi connectivity index (χ1) is 7.73. The van der Waals surface area contributed by atoms with Crippen LogP contribution in [0, 0.1) is 0 Å². The normalized spacial score (nSPS) is 10.3. The summed E-state index contributed by atoms with van der Waals surface area (Å²) in [6, 6.07) is 6.67. The van der Waals surface area contributed by atoms with Crippen LogP contribution in [0.1, 0.15) is 40.7 Å². The van der Waals surface area contributed by atoms with Crippen LogP contribution in [0.4, 0.5) is 0 Å². The Morgan fingerprint density at radius 1 is 1.05 bits per heavy atom. The van der Waals surface area contributed by atoms with Crippen LogP contribution in [-0.4, -0.2) is 22.2 Å². The van der Waals surface area contributed by atoms with Gasteiger partial charge >= 0.3 is 92.9 Å². The summed E-state index contributed by atoms with van der Waals surface area (Å²) in [6.45, 7) is 6.11. The zero-order valence-electron chi connectivity index (χ0n) is 14.1. The van der Waals surface area contributed by atoms with E-state index in [2.05, 4.69) is 0 Å². The zero-order valence-corrected chi connectivity index (χ0v) is 17.2. The molecule has 0 aromatic heterocycles. The Balaban J connectivity index is -0.000000361. The molecule has 19 heavy (non-hydrogen) atoms. The Kier molecular flexibility index (Phi) is 10.4. The zero-order chi connectivity index (χ0) is 13.2. The summed E-state index contributed by atoms with van der Waals surface area (Å²) in [6.07, 6.45) is 0. The second-order valence-corrected chi connectivity index (χ2v) is 4.98. The van der Waals surface area contributed by atoms with Gasteiger partial charge in [0.05, 0.1) is 0 Å². The van der Waals surface area contributed by atoms with Gasteiger partial charge in [0.2, 0.25) is 0 Å². The molecule has 2 N–H and O–H groups in total. The summed E-state index contributed by atoms with van der Waals surface area (Å²) in [5.41, 5.74) is 1.29. The molecule has 0 saturated heterocycles. The van der Waals surface area contributed by atoms with Gasteiger partial charge in [-0.15, -0.1) is 0 Å². The van der Waals surface area contributed by atoms with E-state index in [1.165, 1.54) is 0 Å². The number of carboxylic acid groups (broad SMARTS) is 2. The van der Waals surface area contributed by atoms with E-state index in [-0.39, 0.29) is 94.8 Å². The van der Waals surface area contributed by atoms with E-state index in [0.29, 0.717) is 0 Å². The first-order valence-corrected chi connectivity index (χ1v) is 5.29. The van der Waals surface area contributed by atoms with Crippen LogP contribution in [0.2, 0.25) is 0 Å². The number of hydrogen-bond acceptors (Lipinski definition) is 2. The van der Waals surface area contributed by atoms with Gasteiger partial charge in [-0.05, 0) is 16.5 Å². The van der Waals surface area contributed by atoms with E-state index >= 15 is 0 Å². The quantitative estimate of drug-likeness (QED) is 0.448. The fourth-order valence-corrected chi connectivity index (χ4v) is 1.57. The van der Waals surface area contributed by atoms with Crippen molar-refractivity contribution in [2.45, 2.75) is 32.1 Å². The van der Waals surface area contributed by atoms with Gasteiger partial charge in [0.15, 0.2) is 5.92 Å². The largest absolute Gasteiger partial charge is 1.00 e. The van der Waals surface area contributed by atoms with Crippen molar-refractivity contribution in [2.75, 3.05) is 0 Å². The maximum Gasteiger partial charge on any atom is 1.00 e. The van der Waals surface area contributed by atoms with Crippen molar-refractivity contribution < 1.29 is 104 Å². The maximum atomic E-state index is 10.8. The third-order valence-corrected chi connectivity index (χ3v) is 2.60. The predicted molar refractivity (Wildman–Crippen MR) is 65.4 cm³/mol. The summed E-state index contributed by atoms with van der Waals surface area (Å²) in [4.78, 5) is 21.7. The van der Waals surface area contributed by atoms with Crippen LogP contribution in [0.5, 0.6) is 0 Å². The van der Waals surface area contributed by atoms with Gasteiger partial charge in [0.25, 0.3) is 0 Å². The van der Waals surface area contributed by atoms with Gasteiger partial charge in [-0.2, -0.15) is 0 Å². The molecular weight excluding hydrogens is 282 g/mol. The van der Waals surface area contributed by atoms with Gasteiger partial charge < -0.3 is 13.1 Å². The summed E-state index contributed by atoms with van der Waals surface area (Å²) in [5, 5.41) is 17.7. The SMILES string of the molecule is CC(C)(C)c1ccc(C(C(=O)O)C(=O)O)cc1.[H-].[H-].[K+].[Na+]. The van der Waals surface area contributed by atoms with Crippen molar-refractivity contribution in [1.29, 1.82) is 0 Å². The monoisotopic (exact) mass is 300 g/mol. The first-order valence-electron chi connectivity index (χ1n) is 5.29. The average molecular weight is 300 g/mol. The molecule has 0 bridgehead atoms. The Labute approximate surface area is 180 Å². The van der Waals surface area contributed by atoms with Crippen molar-refractivity contribution in [2.24, 2.45) is 0 Å². The van der Waals surface area contributed by atoms with Crippen LogP contribution in [0.25, 0.3) is 0 Å². The fraction of sp³-hybridized carbons (Fsp3) is 0.385. The Morgan fingerprint density at radius 3 is 1.68 bits per heavy atom. The smallest absolute Gasteiger partial charge is 1.00 e. The van der Waals surface area contributed by atoms with Crippen LogP contribution in [0.3, 0.4) is 0 Å². The molecule has 4 nitrogen and oxygen atoms in total. The minimum absolute atomic E-state index is 0. The topological polar surface area (TPSA) is 74.6 Å². The molecule has 6 heteroatoms. The summed E-state index contributed by atoms with van der Waals surface area (Å²) >= 11 is 0. The third-order valence-electron chi connectivity index (χ3n) is 2.60. The van der Waals surface area contributed by atoms with Crippen molar-refractivity contribution in [3.05, 3.63) is 35.4 Å². The van der Waals surface area contributed by atoms with E-state index in [1.807, 2.05) is 20.8 Å². The first kappa shape index (κ1) is 22.1. The van der Waals surface area contributed by atoms with Gasteiger partial charge in [0.1, 0.15) is 0 Å². The molecule has 0 heterocycles. The Morgan fingerprint density at radius 2 is 1.42 bits per heavy atom. The molecule has 1 aromatic carbocycles. The predicted octanol–water partition coefficient (Wildman–Crippen LogP) is -3.53. The number of aliphatic carboxylic acids is 2. The summed E-state index contributed by atoms with van der Waals surface area (Å²) in [5.74, 6) is -4.19. The maximum absolute atomic E-state index is 10.8. The second kappa shape index (κ2) is 8.95. The van der Waals surface area contributed by atoms with Crippen molar-refractivity contribution in [1.82, 2.24) is 0 Å². The molecule has 0 radical (unpaired) electrons. The molecule has 0 aliphatic rings. The Hall–Kier alpha value is 0.796. The molecule has 0 aliphatic carbocycles. The molecule has 0 unspecified atom stereocenters. The summed E-state index contributed by atoms with van der Waals surface area (Å²) in [7, 11) is 0. The van der Waals surface area contributed by atoms with Crippen molar-refractivity contribution >= 4 is 11.9 Å². The number of hydrogen-bond donors (Lipinski definition) is 2. The average Bonchev–Trinajstić information content (AvgIpc) is 2.15. The molecule has 0 aliphatic heterocycles. The molecule has 1 aromatic rings. The third kappa shape index (κ3) is 6.39. The molecule has 0 saturated carbocycles. The van der Waals surface area contributed by atoms with Crippen LogP contribution < -0.4 is 80.9 Å². The fourth-order valence-electron chi connectivity index (χ4n) is 1.57. The molecule has 0 fully saturated rings. The van der Waals surface area contributed by atoms with Crippen LogP contribution in [-0.2, 0) is 15.0 Å². The Bertz CT molecular complexity index is 432. The number of rotatable bonds is 3. The molecule has 1 rings (SSSR count). The molecule has 0 atom stereocenters. The standard InChI is InChI=1S/C13H16O4.K.Na.2H/c1-13(2,3)9-6-4-8(5-7-9)10(11(14)15)12(16)17;;;;/h4-7,10H,1-3H3,(H,14,15)(H,16,17);;;;/q;2*+1;2*-1. The van der Waals surface area contributed by atoms with E-state index in [1.54, 1.807) is 24.3 Å². The second-order valence-electron chi connectivity index (χ2n) is 4.98. The van der Waals surface area contributed by atoms with E-state index in [0.717, 1.165) is 5.56 Å². The minimum atomic E-state index is -1.50. The molecule has 96 valence electrons. The number of carboxylic acids is 2. The van der Waals surface area contributed by atoms with Gasteiger partial charge in [0, 0.05) is 0 Å². The van der Waals surface area contributed by atoms with Gasteiger partial charge in [-0.1, -0.05) is 45.0 Å². The van der Waals surface area contributed by atoms with E-state index in [9.17, 15) is 9.59 Å². The molecular formula is C13H18KNaO4. The van der Waals surface area contributed by atoms with Crippen molar-refractivity contribution in [3.8, 4) is 0 Å². The molecule has 0 spiro atoms. The molecule has 0 amide bonds. The van der Waals surface area contributed by atoms with Gasteiger partial charge in [-0.3, -0.25) is 9.59 Å². The number of benzene rings is 1. The minimum Gasteiger partial charge on any atom is -1.00 e. The van der Waals surface area contributed by atoms with Crippen molar-refractivity contribution in [3.63, 3.8) is 0 Å². The number of carbonyl (C=O) groups is 2. The summed E-state index contributed by atoms with van der Waals surface area (Å²) < 4.78 is 0. The van der Waals surface area contributed by atoms with E-state index in [4.69, 9.17) is 10.2 Å². The van der Waals surface area contributed by atoms with Gasteiger partial charge in [-0.25, -0.2) is 0 Å².